The maximum absolute atomic E-state index is 12.5. The van der Waals surface area contributed by atoms with E-state index >= 15 is 0 Å². The molecule has 1 heterocycles. The number of hydrogen-bond donors (Lipinski definition) is 0. The summed E-state index contributed by atoms with van der Waals surface area (Å²) in [6.45, 7) is 1.92. The maximum Gasteiger partial charge on any atom is 0.442 e. The lowest BCUT2D eigenvalue weighted by Gasteiger charge is -1.97. The Morgan fingerprint density at radius 3 is 2.83 bits per heavy atom. The molecule has 0 atom stereocenters. The van der Waals surface area contributed by atoms with Crippen molar-refractivity contribution in [2.45, 2.75) is 6.92 Å². The fourth-order valence-corrected chi connectivity index (χ4v) is 1.90. The minimum Gasteiger partial charge on any atom is -0.344 e. The van der Waals surface area contributed by atoms with Crippen LogP contribution in [-0.2, 0) is 0 Å². The highest BCUT2D eigenvalue weighted by molar-refractivity contribution is 6.27. The van der Waals surface area contributed by atoms with E-state index in [0.717, 1.165) is 16.6 Å². The molecule has 0 saturated carbocycles. The van der Waals surface area contributed by atoms with Crippen LogP contribution in [0.3, 0.4) is 0 Å². The molecule has 12 heavy (non-hydrogen) atoms. The fraction of sp³-hybridized carbons (Fsp3) is 0.111. The molecule has 0 aliphatic carbocycles. The summed E-state index contributed by atoms with van der Waals surface area (Å²) >= 11 is 0. The molecule has 3 heteroatoms. The molecule has 0 aliphatic rings. The minimum atomic E-state index is -0.676. The van der Waals surface area contributed by atoms with Crippen molar-refractivity contribution in [2.75, 3.05) is 0 Å². The zero-order chi connectivity index (χ0) is 8.55. The van der Waals surface area contributed by atoms with Crippen molar-refractivity contribution in [3.63, 3.8) is 0 Å². The first-order chi connectivity index (χ1) is 5.83. The lowest BCUT2D eigenvalue weighted by molar-refractivity contribution is 0.834. The standard InChI is InChI=1S/C9H8FNSi/c1-7-6-8-4-2-3-5-9(8)11(7)12-10/h2-6H,1H3. The number of rotatable bonds is 1. The second-order valence-corrected chi connectivity index (χ2v) is 3.38. The number of nitrogens with zero attached hydrogens (tertiary/aromatic N) is 1. The molecule has 0 unspecified atom stereocenters. The van der Waals surface area contributed by atoms with Crippen LogP contribution in [0.4, 0.5) is 4.11 Å². The molecule has 0 fully saturated rings. The molecule has 0 bridgehead atoms. The van der Waals surface area contributed by atoms with Gasteiger partial charge in [0.05, 0.1) is 0 Å². The van der Waals surface area contributed by atoms with Crippen molar-refractivity contribution in [3.05, 3.63) is 36.0 Å². The van der Waals surface area contributed by atoms with Crippen molar-refractivity contribution in [1.82, 2.24) is 4.23 Å². The van der Waals surface area contributed by atoms with Gasteiger partial charge in [0, 0.05) is 11.2 Å². The summed E-state index contributed by atoms with van der Waals surface area (Å²) in [6.07, 6.45) is 0. The Morgan fingerprint density at radius 2 is 2.08 bits per heavy atom. The molecule has 1 aromatic carbocycles. The largest absolute Gasteiger partial charge is 0.442 e. The zero-order valence-corrected chi connectivity index (χ0v) is 7.71. The van der Waals surface area contributed by atoms with Gasteiger partial charge in [0.1, 0.15) is 0 Å². The van der Waals surface area contributed by atoms with Crippen molar-refractivity contribution in [2.24, 2.45) is 0 Å². The summed E-state index contributed by atoms with van der Waals surface area (Å²) in [4.78, 5) is 0. The van der Waals surface area contributed by atoms with Crippen LogP contribution in [0.15, 0.2) is 30.3 Å². The van der Waals surface area contributed by atoms with E-state index in [1.54, 1.807) is 4.23 Å². The lowest BCUT2D eigenvalue weighted by atomic mass is 10.2. The summed E-state index contributed by atoms with van der Waals surface area (Å²) in [6, 6.07) is 9.83. The highest BCUT2D eigenvalue weighted by Gasteiger charge is 2.04. The maximum atomic E-state index is 12.5. The SMILES string of the molecule is Cc1cc2ccccc2n1[Si]F. The van der Waals surface area contributed by atoms with Gasteiger partial charge in [-0.2, -0.15) is 0 Å². The molecule has 2 aromatic rings. The summed E-state index contributed by atoms with van der Waals surface area (Å²) in [7, 11) is -0.676. The number of benzene rings is 1. The molecule has 2 radical (unpaired) electrons. The Balaban J connectivity index is 2.81. The lowest BCUT2D eigenvalue weighted by Crippen LogP contribution is -2.01. The van der Waals surface area contributed by atoms with Gasteiger partial charge < -0.3 is 4.23 Å². The van der Waals surface area contributed by atoms with Crippen LogP contribution in [-0.4, -0.2) is 14.2 Å². The average molecular weight is 177 g/mol. The number of aromatic nitrogens is 1. The molecular weight excluding hydrogens is 169 g/mol. The van der Waals surface area contributed by atoms with Crippen molar-refractivity contribution in [3.8, 4) is 0 Å². The van der Waals surface area contributed by atoms with Gasteiger partial charge >= 0.3 is 10.0 Å². The Hall–Kier alpha value is -1.09. The Morgan fingerprint density at radius 1 is 1.33 bits per heavy atom. The summed E-state index contributed by atoms with van der Waals surface area (Å²) in [5, 5.41) is 1.11. The van der Waals surface area contributed by atoms with Crippen LogP contribution < -0.4 is 0 Å². The van der Waals surface area contributed by atoms with E-state index in [9.17, 15) is 4.11 Å². The molecule has 0 saturated heterocycles. The fourth-order valence-electron chi connectivity index (χ4n) is 1.40. The molecule has 0 N–H and O–H groups in total. The monoisotopic (exact) mass is 177 g/mol. The van der Waals surface area contributed by atoms with Gasteiger partial charge in [-0.25, -0.2) is 0 Å². The predicted molar refractivity (Wildman–Crippen MR) is 48.9 cm³/mol. The van der Waals surface area contributed by atoms with E-state index in [1.165, 1.54) is 0 Å². The molecule has 0 amide bonds. The second-order valence-electron chi connectivity index (χ2n) is 2.76. The normalized spacial score (nSPS) is 10.8. The number of fused-ring (bicyclic) bond motifs is 1. The second kappa shape index (κ2) is 2.75. The molecule has 0 aliphatic heterocycles. The molecule has 2 rings (SSSR count). The van der Waals surface area contributed by atoms with E-state index < -0.39 is 10.0 Å². The van der Waals surface area contributed by atoms with Gasteiger partial charge in [-0.3, -0.25) is 4.11 Å². The summed E-state index contributed by atoms with van der Waals surface area (Å²) < 4.78 is 14.2. The topological polar surface area (TPSA) is 4.93 Å². The van der Waals surface area contributed by atoms with Crippen LogP contribution in [0, 0.1) is 6.92 Å². The molecule has 1 nitrogen and oxygen atoms in total. The van der Waals surface area contributed by atoms with Gasteiger partial charge in [-0.05, 0) is 24.4 Å². The van der Waals surface area contributed by atoms with Crippen molar-refractivity contribution < 1.29 is 4.11 Å². The van der Waals surface area contributed by atoms with Gasteiger partial charge in [0.25, 0.3) is 0 Å². The first-order valence-electron chi connectivity index (χ1n) is 3.76. The van der Waals surface area contributed by atoms with E-state index in [0.29, 0.717) is 0 Å². The van der Waals surface area contributed by atoms with Crippen molar-refractivity contribution in [1.29, 1.82) is 0 Å². The van der Waals surface area contributed by atoms with Crippen LogP contribution in [0.2, 0.25) is 0 Å². The number of aryl methyl sites for hydroxylation is 1. The first-order valence-corrected chi connectivity index (χ1v) is 4.59. The number of para-hydroxylation sites is 1. The Labute approximate surface area is 72.9 Å². The molecule has 0 spiro atoms. The highest BCUT2D eigenvalue weighted by atomic mass is 28.3. The van der Waals surface area contributed by atoms with Crippen molar-refractivity contribution >= 4 is 20.9 Å². The molecular formula is C9H8FNSi. The summed E-state index contributed by atoms with van der Waals surface area (Å²) in [5.74, 6) is 0. The molecule has 60 valence electrons. The number of halogens is 1. The third-order valence-electron chi connectivity index (χ3n) is 1.98. The Bertz CT molecular complexity index is 408. The van der Waals surface area contributed by atoms with Gasteiger partial charge in [0.15, 0.2) is 0 Å². The highest BCUT2D eigenvalue weighted by Crippen LogP contribution is 2.17. The van der Waals surface area contributed by atoms with Crippen LogP contribution >= 0.6 is 0 Å². The average Bonchev–Trinajstić information content (AvgIpc) is 2.40. The third-order valence-corrected chi connectivity index (χ3v) is 2.74. The van der Waals surface area contributed by atoms with E-state index in [1.807, 2.05) is 37.3 Å². The minimum absolute atomic E-state index is 0.676. The smallest absolute Gasteiger partial charge is 0.344 e. The molecule has 1 aromatic heterocycles. The Kier molecular flexibility index (Phi) is 1.73. The van der Waals surface area contributed by atoms with E-state index in [2.05, 4.69) is 0 Å². The predicted octanol–water partition coefficient (Wildman–Crippen LogP) is 2.30. The number of hydrogen-bond acceptors (Lipinski definition) is 0. The third kappa shape index (κ3) is 0.974. The van der Waals surface area contributed by atoms with Crippen LogP contribution in [0.25, 0.3) is 10.9 Å². The zero-order valence-electron chi connectivity index (χ0n) is 6.71. The van der Waals surface area contributed by atoms with Gasteiger partial charge in [0.2, 0.25) is 0 Å². The van der Waals surface area contributed by atoms with Gasteiger partial charge in [-0.15, -0.1) is 0 Å². The van der Waals surface area contributed by atoms with E-state index in [-0.39, 0.29) is 0 Å². The first kappa shape index (κ1) is 7.55. The van der Waals surface area contributed by atoms with Crippen LogP contribution in [0.5, 0.6) is 0 Å². The summed E-state index contributed by atoms with van der Waals surface area (Å²) in [5.41, 5.74) is 1.97. The van der Waals surface area contributed by atoms with Gasteiger partial charge in [-0.1, -0.05) is 18.2 Å². The quantitative estimate of drug-likeness (QED) is 0.465. The van der Waals surface area contributed by atoms with Crippen LogP contribution in [0.1, 0.15) is 5.69 Å². The van der Waals surface area contributed by atoms with E-state index in [4.69, 9.17) is 0 Å².